The number of carbonyl (C=O) groups is 2. The van der Waals surface area contributed by atoms with E-state index in [1.165, 1.54) is 0 Å². The van der Waals surface area contributed by atoms with Crippen LogP contribution in [0.15, 0.2) is 24.3 Å². The van der Waals surface area contributed by atoms with Gasteiger partial charge in [0.1, 0.15) is 6.04 Å². The molecule has 2 heterocycles. The van der Waals surface area contributed by atoms with Crippen LogP contribution in [0, 0.1) is 0 Å². The van der Waals surface area contributed by atoms with E-state index in [0.717, 1.165) is 48.4 Å². The molecule has 2 aliphatic heterocycles. The second-order valence-electron chi connectivity index (χ2n) is 6.56. The maximum Gasteiger partial charge on any atom is 0.318 e. The number of benzene rings is 1. The second-order valence-corrected chi connectivity index (χ2v) is 8.22. The average molecular weight is 397 g/mol. The number of nitrogens with one attached hydrogen (secondary N) is 1. The molecule has 2 fully saturated rings. The van der Waals surface area contributed by atoms with Crippen LogP contribution in [0.5, 0.6) is 0 Å². The maximum atomic E-state index is 12.5. The zero-order valence-electron chi connectivity index (χ0n) is 15.0. The molecule has 8 heteroatoms. The van der Waals surface area contributed by atoms with E-state index in [9.17, 15) is 9.59 Å². The van der Waals surface area contributed by atoms with Crippen molar-refractivity contribution >= 4 is 41.0 Å². The summed E-state index contributed by atoms with van der Waals surface area (Å²) in [6, 6.07) is 7.10. The Morgan fingerprint density at radius 3 is 2.23 bits per heavy atom. The lowest BCUT2D eigenvalue weighted by Crippen LogP contribution is -2.56. The maximum absolute atomic E-state index is 12.5. The van der Waals surface area contributed by atoms with Gasteiger partial charge in [-0.1, -0.05) is 11.6 Å². The van der Waals surface area contributed by atoms with Crippen molar-refractivity contribution in [3.63, 3.8) is 0 Å². The molecular weight excluding hydrogens is 372 g/mol. The summed E-state index contributed by atoms with van der Waals surface area (Å²) < 4.78 is 0. The van der Waals surface area contributed by atoms with Gasteiger partial charge in [0.15, 0.2) is 0 Å². The molecule has 0 bridgehead atoms. The highest BCUT2D eigenvalue weighted by Gasteiger charge is 2.27. The Hall–Kier alpha value is -1.60. The van der Waals surface area contributed by atoms with Crippen molar-refractivity contribution in [3.05, 3.63) is 29.3 Å². The summed E-state index contributed by atoms with van der Waals surface area (Å²) in [5.41, 5.74) is 1.11. The third-order valence-corrected chi connectivity index (χ3v) is 5.99. The van der Waals surface area contributed by atoms with Crippen LogP contribution in [-0.4, -0.2) is 78.6 Å². The third kappa shape index (κ3) is 4.76. The van der Waals surface area contributed by atoms with Gasteiger partial charge in [-0.3, -0.25) is 4.79 Å². The lowest BCUT2D eigenvalue weighted by molar-refractivity contribution is -0.132. The Kier molecular flexibility index (Phi) is 6.53. The minimum atomic E-state index is -0.486. The number of thioether (sulfide) groups is 1. The molecule has 6 nitrogen and oxygen atoms in total. The lowest BCUT2D eigenvalue weighted by Gasteiger charge is -2.37. The van der Waals surface area contributed by atoms with Crippen molar-refractivity contribution < 1.29 is 9.59 Å². The van der Waals surface area contributed by atoms with Gasteiger partial charge < -0.3 is 20.0 Å². The van der Waals surface area contributed by atoms with E-state index in [0.29, 0.717) is 13.1 Å². The predicted molar refractivity (Wildman–Crippen MR) is 107 cm³/mol. The zero-order valence-corrected chi connectivity index (χ0v) is 16.6. The van der Waals surface area contributed by atoms with Crippen molar-refractivity contribution in [1.82, 2.24) is 15.1 Å². The predicted octanol–water partition coefficient (Wildman–Crippen LogP) is 2.14. The van der Waals surface area contributed by atoms with Crippen molar-refractivity contribution in [2.75, 3.05) is 55.7 Å². The highest BCUT2D eigenvalue weighted by Crippen LogP contribution is 2.19. The SMILES string of the molecule is C[C@H](NC(=O)N1CCN(c2ccc(Cl)cc2)CC1)C(=O)N1CCSCC1. The first-order chi connectivity index (χ1) is 12.5. The molecule has 142 valence electrons. The first-order valence-corrected chi connectivity index (χ1v) is 10.5. The highest BCUT2D eigenvalue weighted by atomic mass is 35.5. The van der Waals surface area contributed by atoms with E-state index in [-0.39, 0.29) is 11.9 Å². The quantitative estimate of drug-likeness (QED) is 0.850. The fraction of sp³-hybridized carbons (Fsp3) is 0.556. The molecule has 0 unspecified atom stereocenters. The van der Waals surface area contributed by atoms with Gasteiger partial charge >= 0.3 is 6.03 Å². The van der Waals surface area contributed by atoms with Crippen molar-refractivity contribution in [2.24, 2.45) is 0 Å². The summed E-state index contributed by atoms with van der Waals surface area (Å²) in [7, 11) is 0. The number of urea groups is 1. The molecule has 0 spiro atoms. The van der Waals surface area contributed by atoms with Crippen LogP contribution in [0.2, 0.25) is 5.02 Å². The summed E-state index contributed by atoms with van der Waals surface area (Å²) in [4.78, 5) is 30.8. The number of nitrogens with zero attached hydrogens (tertiary/aromatic N) is 3. The van der Waals surface area contributed by atoms with Crippen LogP contribution >= 0.6 is 23.4 Å². The molecule has 0 radical (unpaired) electrons. The van der Waals surface area contributed by atoms with Crippen LogP contribution in [0.25, 0.3) is 0 Å². The average Bonchev–Trinajstić information content (AvgIpc) is 2.68. The molecule has 1 N–H and O–H groups in total. The van der Waals surface area contributed by atoms with Gasteiger partial charge in [0.2, 0.25) is 5.91 Å². The minimum Gasteiger partial charge on any atom is -0.368 e. The Morgan fingerprint density at radius 2 is 1.62 bits per heavy atom. The molecule has 1 aromatic carbocycles. The summed E-state index contributed by atoms with van der Waals surface area (Å²) in [6.45, 7) is 6.10. The smallest absolute Gasteiger partial charge is 0.318 e. The Bertz CT molecular complexity index is 629. The van der Waals surface area contributed by atoms with Crippen molar-refractivity contribution in [2.45, 2.75) is 13.0 Å². The van der Waals surface area contributed by atoms with E-state index in [1.807, 2.05) is 40.9 Å². The molecule has 0 saturated carbocycles. The fourth-order valence-electron chi connectivity index (χ4n) is 3.22. The Labute approximate surface area is 163 Å². The van der Waals surface area contributed by atoms with Crippen LogP contribution < -0.4 is 10.2 Å². The lowest BCUT2D eigenvalue weighted by atomic mass is 10.2. The Balaban J connectivity index is 1.47. The minimum absolute atomic E-state index is 0.0125. The topological polar surface area (TPSA) is 55.9 Å². The summed E-state index contributed by atoms with van der Waals surface area (Å²) in [5.74, 6) is 1.96. The van der Waals surface area contributed by atoms with Crippen LogP contribution in [0.4, 0.5) is 10.5 Å². The monoisotopic (exact) mass is 396 g/mol. The molecule has 1 aromatic rings. The summed E-state index contributed by atoms with van der Waals surface area (Å²) >= 11 is 7.80. The van der Waals surface area contributed by atoms with E-state index >= 15 is 0 Å². The summed E-state index contributed by atoms with van der Waals surface area (Å²) in [6.07, 6.45) is 0. The van der Waals surface area contributed by atoms with Crippen LogP contribution in [0.1, 0.15) is 6.92 Å². The second kappa shape index (κ2) is 8.86. The van der Waals surface area contributed by atoms with E-state index in [4.69, 9.17) is 11.6 Å². The number of piperazine rings is 1. The largest absolute Gasteiger partial charge is 0.368 e. The number of carbonyl (C=O) groups excluding carboxylic acids is 2. The van der Waals surface area contributed by atoms with Crippen molar-refractivity contribution in [1.29, 1.82) is 0 Å². The van der Waals surface area contributed by atoms with Gasteiger partial charge in [-0.15, -0.1) is 0 Å². The molecule has 2 aliphatic rings. The third-order valence-electron chi connectivity index (χ3n) is 4.79. The molecule has 0 aliphatic carbocycles. The molecule has 1 atom stereocenters. The van der Waals surface area contributed by atoms with Gasteiger partial charge in [0, 0.05) is 61.5 Å². The first-order valence-electron chi connectivity index (χ1n) is 8.97. The highest BCUT2D eigenvalue weighted by molar-refractivity contribution is 7.99. The van der Waals surface area contributed by atoms with Gasteiger partial charge in [0.05, 0.1) is 0 Å². The van der Waals surface area contributed by atoms with E-state index in [1.54, 1.807) is 11.8 Å². The molecule has 3 amide bonds. The number of hydrogen-bond acceptors (Lipinski definition) is 4. The fourth-order valence-corrected chi connectivity index (χ4v) is 4.24. The van der Waals surface area contributed by atoms with Gasteiger partial charge in [-0.2, -0.15) is 11.8 Å². The van der Waals surface area contributed by atoms with Gasteiger partial charge in [0.25, 0.3) is 0 Å². The van der Waals surface area contributed by atoms with Crippen molar-refractivity contribution in [3.8, 4) is 0 Å². The number of anilines is 1. The van der Waals surface area contributed by atoms with E-state index in [2.05, 4.69) is 10.2 Å². The standard InChI is InChI=1S/C18H25ClN4O2S/c1-14(17(24)22-10-12-26-13-11-22)20-18(25)23-8-6-21(7-9-23)16-4-2-15(19)3-5-16/h2-5,14H,6-13H2,1H3,(H,20,25)/t14-/m0/s1. The van der Waals surface area contributed by atoms with Crippen LogP contribution in [0.3, 0.4) is 0 Å². The number of halogens is 1. The number of rotatable bonds is 3. The molecule has 3 rings (SSSR count). The molecule has 2 saturated heterocycles. The van der Waals surface area contributed by atoms with E-state index < -0.39 is 6.04 Å². The first kappa shape index (κ1) is 19.2. The van der Waals surface area contributed by atoms with Gasteiger partial charge in [-0.25, -0.2) is 4.79 Å². The molecule has 26 heavy (non-hydrogen) atoms. The number of amides is 3. The van der Waals surface area contributed by atoms with Gasteiger partial charge in [-0.05, 0) is 31.2 Å². The summed E-state index contributed by atoms with van der Waals surface area (Å²) in [5, 5.41) is 3.58. The zero-order chi connectivity index (χ0) is 18.5. The van der Waals surface area contributed by atoms with Crippen LogP contribution in [-0.2, 0) is 4.79 Å². The molecular formula is C18H25ClN4O2S. The number of hydrogen-bond donors (Lipinski definition) is 1. The normalized spacial score (nSPS) is 19.2. The molecule has 0 aromatic heterocycles. The Morgan fingerprint density at radius 1 is 1.00 bits per heavy atom.